The zero-order chi connectivity index (χ0) is 63.1. The van der Waals surface area contributed by atoms with Crippen molar-refractivity contribution >= 4 is 93.6 Å². The van der Waals surface area contributed by atoms with Gasteiger partial charge in [-0.05, 0) is 0 Å². The minimum absolute atomic E-state index is 0.114. The molecule has 0 aromatic heterocycles. The maximum absolute atomic E-state index is 13.9. The van der Waals surface area contributed by atoms with Gasteiger partial charge in [0.15, 0.2) is 5.78 Å². The molecule has 0 aliphatic carbocycles. The molecule has 0 bridgehead atoms. The fourth-order valence-electron chi connectivity index (χ4n) is 11.9. The van der Waals surface area contributed by atoms with E-state index in [1.165, 1.54) is 23.7 Å². The van der Waals surface area contributed by atoms with Gasteiger partial charge in [-0.3, -0.25) is 4.79 Å². The van der Waals surface area contributed by atoms with Crippen molar-refractivity contribution in [2.45, 2.75) is 0 Å². The first-order valence-corrected chi connectivity index (χ1v) is 34.7. The van der Waals surface area contributed by atoms with E-state index in [0.717, 1.165) is 62.3 Å². The normalized spacial score (nSPS) is 10.8. The first-order valence-electron chi connectivity index (χ1n) is 30.5. The molecule has 13 aromatic rings. The van der Waals surface area contributed by atoms with Crippen molar-refractivity contribution in [3.63, 3.8) is 0 Å². The number of carbonyl (C=O) groups excluding carboxylic acids is 2. The number of benzene rings is 13. The summed E-state index contributed by atoms with van der Waals surface area (Å²) in [4.78, 5) is 34.1. The topological polar surface area (TPSA) is 67.6 Å². The van der Waals surface area contributed by atoms with E-state index in [9.17, 15) is 9.59 Å². The zero-order valence-corrected chi connectivity index (χ0v) is 52.8. The molecule has 0 saturated heterocycles. The van der Waals surface area contributed by atoms with Crippen LogP contribution in [-0.2, 0) is 0 Å². The molecule has 0 radical (unpaired) electrons. The zero-order valence-electron chi connectivity index (χ0n) is 50.7. The Morgan fingerprint density at radius 2 is 0.533 bits per heavy atom. The third-order valence-corrected chi connectivity index (χ3v) is 26.4. The predicted octanol–water partition coefficient (Wildman–Crippen LogP) is 18.9. The van der Waals surface area contributed by atoms with Crippen LogP contribution in [0.1, 0.15) is 31.8 Å². The molecule has 0 atom stereocenters. The molecule has 92 heavy (non-hydrogen) atoms. The van der Waals surface area contributed by atoms with E-state index in [2.05, 4.69) is 307 Å². The summed E-state index contributed by atoms with van der Waals surface area (Å²) >= 11 is -3.80. The molecule has 13 aromatic carbocycles. The average molecular weight is 1250 g/mol. The van der Waals surface area contributed by atoms with Gasteiger partial charge in [-0.25, -0.2) is 0 Å². The van der Waals surface area contributed by atoms with E-state index >= 15 is 0 Å². The first kappa shape index (κ1) is 60.4. The number of allylic oxidation sites excluding steroid dienone is 2. The van der Waals surface area contributed by atoms with Gasteiger partial charge in [-0.15, -0.1) is 0 Å². The fraction of sp³-hybridized carbons (Fsp3) is 0. The molecule has 0 heterocycles. The van der Waals surface area contributed by atoms with Gasteiger partial charge in [0.1, 0.15) is 0 Å². The SMILES string of the molecule is C=CC(=C)C#N.O=C(c1ccccc1)c1cccc(C(=O)c2ccc(-c3cc[c]([Ge]([c]4ccccc4)([c]4ccccc4)[c]4ccc(N(c5ccc(N(c6ccccc6)c6ccccc6)cc5)c5ccc(N(c6ccccc6)c6ccccc6)cc5)cc4)cc3)cc2)c1. The van der Waals surface area contributed by atoms with E-state index in [-0.39, 0.29) is 11.6 Å². The molecule has 0 N–H and O–H groups in total. The van der Waals surface area contributed by atoms with Crippen LogP contribution >= 0.6 is 0 Å². The van der Waals surface area contributed by atoms with E-state index in [4.69, 9.17) is 5.26 Å². The maximum atomic E-state index is 13.9. The van der Waals surface area contributed by atoms with Crippen LogP contribution in [0, 0.1) is 11.3 Å². The summed E-state index contributed by atoms with van der Waals surface area (Å²) in [6, 6.07) is 126. The Bertz CT molecular complexity index is 4400. The third kappa shape index (κ3) is 13.1. The van der Waals surface area contributed by atoms with Crippen LogP contribution in [0.3, 0.4) is 0 Å². The Labute approximate surface area is 541 Å². The monoisotopic (exact) mass is 1250 g/mol. The summed E-state index contributed by atoms with van der Waals surface area (Å²) in [5, 5.41) is 7.91. The quantitative estimate of drug-likeness (QED) is 0.0348. The standard InChI is InChI=1S/C80H59GeN3O2.C5H5N/c85-79(62-23-8-1-9-24-62)64-25-22-26-65(59-64)80(86)63-41-39-60(40-42-63)61-43-45-68(46-44-61)81(66-27-10-2-11-28-66,67-29-12-3-13-30-67)69-47-49-74(50-48-69)84(77-55-51-75(52-56-77)82(70-31-14-4-15-32-70)71-33-16-5-17-34-71)78-57-53-76(54-58-78)83(72-35-18-6-19-36-72)73-37-20-7-21-38-73;1-3-5(2)4-6/h1-59H;3H,1-2H2. The molecule has 0 unspecified atom stereocenters. The first-order chi connectivity index (χ1) is 45.3. The second-order valence-corrected chi connectivity index (χ2v) is 30.0. The van der Waals surface area contributed by atoms with E-state index < -0.39 is 13.3 Å². The molecule has 0 saturated carbocycles. The molecule has 6 nitrogen and oxygen atoms in total. The number of rotatable bonds is 19. The Morgan fingerprint density at radius 3 is 0.837 bits per heavy atom. The summed E-state index contributed by atoms with van der Waals surface area (Å²) in [7, 11) is 0. The molecule has 7 heteroatoms. The average Bonchev–Trinajstić information content (AvgIpc) is 0.743. The van der Waals surface area contributed by atoms with E-state index in [1.54, 1.807) is 42.5 Å². The van der Waals surface area contributed by atoms with Gasteiger partial charge < -0.3 is 0 Å². The van der Waals surface area contributed by atoms with Gasteiger partial charge in [0.25, 0.3) is 0 Å². The van der Waals surface area contributed by atoms with E-state index in [0.29, 0.717) is 27.8 Å². The van der Waals surface area contributed by atoms with Gasteiger partial charge in [0.2, 0.25) is 0 Å². The Balaban J connectivity index is 0.00000130. The van der Waals surface area contributed by atoms with Crippen molar-refractivity contribution in [3.8, 4) is 17.2 Å². The molecule has 0 amide bonds. The molecular weight excluding hydrogens is 1180 g/mol. The van der Waals surface area contributed by atoms with Crippen molar-refractivity contribution in [2.75, 3.05) is 14.7 Å². The fourth-order valence-corrected chi connectivity index (χ4v) is 21.8. The number of hydrogen-bond acceptors (Lipinski definition) is 6. The van der Waals surface area contributed by atoms with Crippen LogP contribution in [0.5, 0.6) is 0 Å². The second kappa shape index (κ2) is 28.5. The van der Waals surface area contributed by atoms with Crippen LogP contribution in [0.2, 0.25) is 0 Å². The van der Waals surface area contributed by atoms with Crippen LogP contribution in [0.4, 0.5) is 51.2 Å². The number of nitrogens with zero attached hydrogens (tertiary/aromatic N) is 4. The van der Waals surface area contributed by atoms with Crippen LogP contribution < -0.4 is 32.3 Å². The molecule has 0 fully saturated rings. The summed E-state index contributed by atoms with van der Waals surface area (Å²) in [5.74, 6) is -0.247. The van der Waals surface area contributed by atoms with Gasteiger partial charge in [0, 0.05) is 11.1 Å². The number of hydrogen-bond donors (Lipinski definition) is 0. The molecule has 0 spiro atoms. The van der Waals surface area contributed by atoms with Crippen molar-refractivity contribution in [1.29, 1.82) is 5.26 Å². The van der Waals surface area contributed by atoms with Gasteiger partial charge in [0.05, 0.1) is 6.07 Å². The van der Waals surface area contributed by atoms with E-state index in [1.807, 2.05) is 42.5 Å². The minimum atomic E-state index is -3.80. The van der Waals surface area contributed by atoms with Gasteiger partial charge in [-0.2, -0.15) is 5.26 Å². The number of carbonyl (C=O) groups is 2. The summed E-state index contributed by atoms with van der Waals surface area (Å²) in [5.41, 5.74) is 14.1. The van der Waals surface area contributed by atoms with Crippen LogP contribution in [0.15, 0.2) is 383 Å². The van der Waals surface area contributed by atoms with Crippen LogP contribution in [-0.4, -0.2) is 24.8 Å². The Morgan fingerprint density at radius 1 is 0.293 bits per heavy atom. The predicted molar refractivity (Wildman–Crippen MR) is 384 cm³/mol. The number of para-hydroxylation sites is 4. The summed E-state index contributed by atoms with van der Waals surface area (Å²) in [6.07, 6.45) is 1.42. The molecule has 440 valence electrons. The van der Waals surface area contributed by atoms with Crippen LogP contribution in [0.25, 0.3) is 11.1 Å². The second-order valence-electron chi connectivity index (χ2n) is 22.0. The number of ketones is 2. The Kier molecular flexibility index (Phi) is 18.7. The van der Waals surface area contributed by atoms with Crippen molar-refractivity contribution in [3.05, 3.63) is 405 Å². The number of nitriles is 1. The summed E-state index contributed by atoms with van der Waals surface area (Å²) in [6.45, 7) is 6.62. The molecule has 0 aliphatic rings. The third-order valence-electron chi connectivity index (χ3n) is 16.4. The Hall–Kier alpha value is -11.9. The molecule has 13 rings (SSSR count). The van der Waals surface area contributed by atoms with Gasteiger partial charge >= 0.3 is 384 Å². The summed E-state index contributed by atoms with van der Waals surface area (Å²) < 4.78 is 5.23. The molecular formula is C85H64GeN4O2. The van der Waals surface area contributed by atoms with Gasteiger partial charge in [-0.1, -0.05) is 128 Å². The van der Waals surface area contributed by atoms with Crippen molar-refractivity contribution in [2.24, 2.45) is 0 Å². The number of anilines is 9. The van der Waals surface area contributed by atoms with Crippen molar-refractivity contribution in [1.82, 2.24) is 0 Å². The van der Waals surface area contributed by atoms with Crippen molar-refractivity contribution < 1.29 is 9.59 Å². The molecule has 0 aliphatic heterocycles.